The molecule has 9 nitrogen and oxygen atoms in total. The number of aryl methyl sites for hydroxylation is 1. The molecule has 1 amide bonds. The van der Waals surface area contributed by atoms with Crippen LogP contribution < -0.4 is 16.0 Å². The molecule has 0 saturated carbocycles. The summed E-state index contributed by atoms with van der Waals surface area (Å²) in [5, 5.41) is 2.90. The number of nitrogens with two attached hydrogens (primary N) is 1. The third-order valence-corrected chi connectivity index (χ3v) is 5.44. The van der Waals surface area contributed by atoms with E-state index in [2.05, 4.69) is 15.2 Å². The van der Waals surface area contributed by atoms with E-state index in [1.165, 1.54) is 6.20 Å². The Balaban J connectivity index is 1.49. The second-order valence-corrected chi connectivity index (χ2v) is 7.64. The van der Waals surface area contributed by atoms with Gasteiger partial charge in [0.05, 0.1) is 24.3 Å². The van der Waals surface area contributed by atoms with E-state index < -0.39 is 0 Å². The highest BCUT2D eigenvalue weighted by Crippen LogP contribution is 2.29. The van der Waals surface area contributed by atoms with Crippen LogP contribution in [0.15, 0.2) is 54.9 Å². The molecule has 162 valence electrons. The van der Waals surface area contributed by atoms with Crippen LogP contribution in [-0.4, -0.2) is 51.7 Å². The number of nitrogens with one attached hydrogen (secondary N) is 1. The Hall–Kier alpha value is -3.98. The lowest BCUT2D eigenvalue weighted by Crippen LogP contribution is -2.37. The summed E-state index contributed by atoms with van der Waals surface area (Å²) in [6.07, 6.45) is 3.44. The minimum atomic E-state index is -0.261. The molecule has 3 N–H and O–H groups in total. The van der Waals surface area contributed by atoms with Gasteiger partial charge in [-0.25, -0.2) is 15.0 Å². The van der Waals surface area contributed by atoms with E-state index in [9.17, 15) is 4.79 Å². The van der Waals surface area contributed by atoms with Crippen LogP contribution in [0.4, 0.5) is 17.3 Å². The Kier molecular flexibility index (Phi) is 5.16. The lowest BCUT2D eigenvalue weighted by Gasteiger charge is -2.28. The number of hydrogen-bond acceptors (Lipinski definition) is 7. The van der Waals surface area contributed by atoms with Gasteiger partial charge in [-0.1, -0.05) is 12.1 Å². The Morgan fingerprint density at radius 1 is 1.12 bits per heavy atom. The van der Waals surface area contributed by atoms with E-state index in [1.54, 1.807) is 12.1 Å². The SMILES string of the molecule is Cn1ccc2nc(-c3cccc(NC(=O)c4ccc(N)nc4)c3)nc(N3CCOCC3)c21. The zero-order valence-electron chi connectivity index (χ0n) is 17.7. The Morgan fingerprint density at radius 3 is 2.75 bits per heavy atom. The summed E-state index contributed by atoms with van der Waals surface area (Å²) in [4.78, 5) is 28.5. The molecule has 5 rings (SSSR count). The van der Waals surface area contributed by atoms with Crippen LogP contribution in [0, 0.1) is 0 Å². The summed E-state index contributed by atoms with van der Waals surface area (Å²) >= 11 is 0. The number of hydrogen-bond donors (Lipinski definition) is 2. The van der Waals surface area contributed by atoms with Crippen molar-refractivity contribution in [1.29, 1.82) is 0 Å². The molecule has 1 aliphatic heterocycles. The van der Waals surface area contributed by atoms with Crippen LogP contribution in [0.2, 0.25) is 0 Å². The Labute approximate surface area is 184 Å². The number of rotatable bonds is 4. The van der Waals surface area contributed by atoms with E-state index in [4.69, 9.17) is 20.4 Å². The first-order valence-corrected chi connectivity index (χ1v) is 10.4. The van der Waals surface area contributed by atoms with E-state index in [0.717, 1.165) is 35.5 Å². The monoisotopic (exact) mass is 429 g/mol. The summed E-state index contributed by atoms with van der Waals surface area (Å²) in [6, 6.07) is 12.7. The molecule has 0 bridgehead atoms. The summed E-state index contributed by atoms with van der Waals surface area (Å²) < 4.78 is 7.55. The van der Waals surface area contributed by atoms with Crippen LogP contribution in [0.3, 0.4) is 0 Å². The number of benzene rings is 1. The molecule has 0 aliphatic carbocycles. The average Bonchev–Trinajstić information content (AvgIpc) is 3.20. The second-order valence-electron chi connectivity index (χ2n) is 7.64. The fourth-order valence-electron chi connectivity index (χ4n) is 3.78. The average molecular weight is 429 g/mol. The molecule has 9 heteroatoms. The predicted octanol–water partition coefficient (Wildman–Crippen LogP) is 2.70. The first kappa shape index (κ1) is 20.0. The van der Waals surface area contributed by atoms with E-state index >= 15 is 0 Å². The van der Waals surface area contributed by atoms with Gasteiger partial charge in [0.15, 0.2) is 11.6 Å². The molecule has 1 aliphatic rings. The molecule has 0 atom stereocenters. The second kappa shape index (κ2) is 8.27. The third kappa shape index (κ3) is 3.85. The van der Waals surface area contributed by atoms with Crippen molar-refractivity contribution in [2.75, 3.05) is 42.3 Å². The number of nitrogens with zero attached hydrogens (tertiary/aromatic N) is 5. The molecular formula is C23H23N7O2. The normalized spacial score (nSPS) is 14.0. The van der Waals surface area contributed by atoms with Gasteiger partial charge in [-0.2, -0.15) is 0 Å². The van der Waals surface area contributed by atoms with E-state index in [0.29, 0.717) is 36.1 Å². The van der Waals surface area contributed by atoms with Crippen LogP contribution in [-0.2, 0) is 11.8 Å². The maximum Gasteiger partial charge on any atom is 0.257 e. The van der Waals surface area contributed by atoms with Gasteiger partial charge in [0.1, 0.15) is 11.3 Å². The number of nitrogen functional groups attached to an aromatic ring is 1. The van der Waals surface area contributed by atoms with Crippen LogP contribution in [0.1, 0.15) is 10.4 Å². The Morgan fingerprint density at radius 2 is 1.97 bits per heavy atom. The van der Waals surface area contributed by atoms with Crippen molar-refractivity contribution in [1.82, 2.24) is 19.5 Å². The van der Waals surface area contributed by atoms with Gasteiger partial charge in [0.25, 0.3) is 5.91 Å². The number of aromatic nitrogens is 4. The number of anilines is 3. The first-order valence-electron chi connectivity index (χ1n) is 10.4. The molecule has 1 aromatic carbocycles. The van der Waals surface area contributed by atoms with E-state index in [-0.39, 0.29) is 5.91 Å². The quantitative estimate of drug-likeness (QED) is 0.513. The number of pyridine rings is 1. The number of fused-ring (bicyclic) bond motifs is 1. The van der Waals surface area contributed by atoms with Crippen molar-refractivity contribution >= 4 is 34.3 Å². The number of amides is 1. The number of carbonyl (C=O) groups is 1. The van der Waals surface area contributed by atoms with Crippen molar-refractivity contribution in [2.45, 2.75) is 0 Å². The van der Waals surface area contributed by atoms with Gasteiger partial charge in [-0.05, 0) is 30.3 Å². The number of morpholine rings is 1. The van der Waals surface area contributed by atoms with Crippen molar-refractivity contribution in [2.24, 2.45) is 7.05 Å². The zero-order chi connectivity index (χ0) is 22.1. The summed E-state index contributed by atoms with van der Waals surface area (Å²) in [5.41, 5.74) is 9.37. The zero-order valence-corrected chi connectivity index (χ0v) is 17.7. The molecule has 0 unspecified atom stereocenters. The molecule has 4 aromatic rings. The molecule has 0 spiro atoms. The summed E-state index contributed by atoms with van der Waals surface area (Å²) in [6.45, 7) is 2.91. The van der Waals surface area contributed by atoms with Crippen LogP contribution in [0.5, 0.6) is 0 Å². The molecule has 1 saturated heterocycles. The highest BCUT2D eigenvalue weighted by atomic mass is 16.5. The maximum absolute atomic E-state index is 12.6. The standard InChI is InChI=1S/C23H23N7O2/c1-29-8-7-18-20(29)22(30-9-11-32-12-10-30)28-21(27-18)15-3-2-4-17(13-15)26-23(31)16-5-6-19(24)25-14-16/h2-8,13-14H,9-12H2,1H3,(H2,24,25)(H,26,31). The van der Waals surface area contributed by atoms with Gasteiger partial charge >= 0.3 is 0 Å². The minimum Gasteiger partial charge on any atom is -0.384 e. The highest BCUT2D eigenvalue weighted by molar-refractivity contribution is 6.04. The number of ether oxygens (including phenoxy) is 1. The van der Waals surface area contributed by atoms with E-state index in [1.807, 2.05) is 48.1 Å². The summed E-state index contributed by atoms with van der Waals surface area (Å²) in [7, 11) is 2.00. The predicted molar refractivity (Wildman–Crippen MR) is 124 cm³/mol. The first-order chi connectivity index (χ1) is 15.6. The van der Waals surface area contributed by atoms with Gasteiger partial charge in [-0.3, -0.25) is 4.79 Å². The molecule has 4 heterocycles. The Bertz CT molecular complexity index is 1280. The van der Waals surface area contributed by atoms with Crippen molar-refractivity contribution in [3.8, 4) is 11.4 Å². The van der Waals surface area contributed by atoms with Gasteiger partial charge in [-0.15, -0.1) is 0 Å². The van der Waals surface area contributed by atoms with Crippen molar-refractivity contribution in [3.05, 3.63) is 60.4 Å². The maximum atomic E-state index is 12.6. The largest absolute Gasteiger partial charge is 0.384 e. The smallest absolute Gasteiger partial charge is 0.257 e. The lowest BCUT2D eigenvalue weighted by atomic mass is 10.1. The molecular weight excluding hydrogens is 406 g/mol. The fourth-order valence-corrected chi connectivity index (χ4v) is 3.78. The molecule has 0 radical (unpaired) electrons. The summed E-state index contributed by atoms with van der Waals surface area (Å²) in [5.74, 6) is 1.61. The molecule has 3 aromatic heterocycles. The molecule has 32 heavy (non-hydrogen) atoms. The van der Waals surface area contributed by atoms with Crippen LogP contribution in [0.25, 0.3) is 22.4 Å². The highest BCUT2D eigenvalue weighted by Gasteiger charge is 2.20. The fraction of sp³-hybridized carbons (Fsp3) is 0.217. The van der Waals surface area contributed by atoms with Gasteiger partial charge in [0, 0.05) is 43.8 Å². The van der Waals surface area contributed by atoms with Crippen molar-refractivity contribution < 1.29 is 9.53 Å². The van der Waals surface area contributed by atoms with Gasteiger partial charge < -0.3 is 25.3 Å². The lowest BCUT2D eigenvalue weighted by molar-refractivity contribution is 0.102. The third-order valence-electron chi connectivity index (χ3n) is 5.44. The minimum absolute atomic E-state index is 0.261. The number of carbonyl (C=O) groups excluding carboxylic acids is 1. The molecule has 1 fully saturated rings. The topological polar surface area (TPSA) is 111 Å². The van der Waals surface area contributed by atoms with Gasteiger partial charge in [0.2, 0.25) is 0 Å². The van der Waals surface area contributed by atoms with Crippen LogP contribution >= 0.6 is 0 Å². The van der Waals surface area contributed by atoms with Crippen molar-refractivity contribution in [3.63, 3.8) is 0 Å².